The smallest absolute Gasteiger partial charge is 0.338 e. The Morgan fingerprint density at radius 3 is 2.11 bits per heavy atom. The maximum absolute atomic E-state index is 12.2. The molecule has 0 saturated carbocycles. The zero-order valence-corrected chi connectivity index (χ0v) is 17.4. The third kappa shape index (κ3) is 7.28. The largest absolute Gasteiger partial charge is 0.449 e. The van der Waals surface area contributed by atoms with Gasteiger partial charge in [-0.1, -0.05) is 6.92 Å². The number of rotatable bonds is 8. The fraction of sp³-hybridized carbons (Fsp3) is 0.500. The van der Waals surface area contributed by atoms with Gasteiger partial charge in [-0.2, -0.15) is 0 Å². The number of hydrogen-bond acceptors (Lipinski definition) is 6. The Balaban J connectivity index is 2.72. The van der Waals surface area contributed by atoms with Gasteiger partial charge in [-0.15, -0.1) is 0 Å². The second kappa shape index (κ2) is 10.2. The van der Waals surface area contributed by atoms with Crippen molar-refractivity contribution in [1.29, 1.82) is 0 Å². The fourth-order valence-corrected chi connectivity index (χ4v) is 3.31. The van der Waals surface area contributed by atoms with E-state index in [2.05, 4.69) is 15.4 Å². The predicted octanol–water partition coefficient (Wildman–Crippen LogP) is 1.54. The second-order valence-electron chi connectivity index (χ2n) is 6.62. The Kier molecular flexibility index (Phi) is 8.58. The molecule has 9 nitrogen and oxygen atoms in total. The zero-order valence-electron chi connectivity index (χ0n) is 16.6. The van der Waals surface area contributed by atoms with Crippen LogP contribution in [-0.2, 0) is 19.6 Å². The van der Waals surface area contributed by atoms with Gasteiger partial charge in [0.15, 0.2) is 6.10 Å². The molecule has 0 aromatic heterocycles. The maximum atomic E-state index is 12.2. The molecule has 0 fully saturated rings. The Bertz CT molecular complexity index is 805. The first-order valence-corrected chi connectivity index (χ1v) is 10.4. The standard InChI is InChI=1S/C18H27N3O6S/c1-6-12(4)21-28(25,26)15-9-7-14(8-10-15)17(23)27-13(5)16(22)20-18(24)19-11(2)3/h7-13,21H,6H2,1-5H3,(H2,19,20,22,24)/t12-,13+/m0/s1. The number of esters is 1. The molecule has 156 valence electrons. The highest BCUT2D eigenvalue weighted by Gasteiger charge is 2.22. The normalized spacial score (nSPS) is 13.5. The third-order valence-electron chi connectivity index (χ3n) is 3.68. The van der Waals surface area contributed by atoms with Crippen LogP contribution in [-0.4, -0.2) is 44.5 Å². The SMILES string of the molecule is CC[C@H](C)NS(=O)(=O)c1ccc(C(=O)O[C@H](C)C(=O)NC(=O)NC(C)C)cc1. The first kappa shape index (κ1) is 23.6. The summed E-state index contributed by atoms with van der Waals surface area (Å²) in [6.07, 6.45) is -0.570. The molecule has 3 amide bonds. The van der Waals surface area contributed by atoms with Gasteiger partial charge < -0.3 is 10.1 Å². The second-order valence-corrected chi connectivity index (χ2v) is 8.33. The quantitative estimate of drug-likeness (QED) is 0.554. The van der Waals surface area contributed by atoms with Crippen molar-refractivity contribution in [3.8, 4) is 0 Å². The van der Waals surface area contributed by atoms with E-state index in [4.69, 9.17) is 4.74 Å². The van der Waals surface area contributed by atoms with Gasteiger partial charge in [0.05, 0.1) is 10.5 Å². The molecule has 1 aromatic rings. The highest BCUT2D eigenvalue weighted by Crippen LogP contribution is 2.13. The molecule has 28 heavy (non-hydrogen) atoms. The van der Waals surface area contributed by atoms with Crippen LogP contribution in [0.15, 0.2) is 29.2 Å². The van der Waals surface area contributed by atoms with Crippen molar-refractivity contribution in [2.24, 2.45) is 0 Å². The topological polar surface area (TPSA) is 131 Å². The first-order valence-electron chi connectivity index (χ1n) is 8.91. The lowest BCUT2D eigenvalue weighted by Crippen LogP contribution is -2.46. The minimum Gasteiger partial charge on any atom is -0.449 e. The molecule has 0 aliphatic heterocycles. The van der Waals surface area contributed by atoms with Crippen molar-refractivity contribution >= 4 is 27.9 Å². The molecule has 0 heterocycles. The van der Waals surface area contributed by atoms with Crippen molar-refractivity contribution < 1.29 is 27.5 Å². The van der Waals surface area contributed by atoms with Crippen LogP contribution in [0.3, 0.4) is 0 Å². The van der Waals surface area contributed by atoms with Gasteiger partial charge in [0.1, 0.15) is 0 Å². The molecule has 2 atom stereocenters. The molecular weight excluding hydrogens is 386 g/mol. The molecule has 0 bridgehead atoms. The van der Waals surface area contributed by atoms with Crippen LogP contribution in [0.2, 0.25) is 0 Å². The number of urea groups is 1. The highest BCUT2D eigenvalue weighted by molar-refractivity contribution is 7.89. The van der Waals surface area contributed by atoms with Crippen molar-refractivity contribution in [1.82, 2.24) is 15.4 Å². The van der Waals surface area contributed by atoms with E-state index in [0.717, 1.165) is 0 Å². The molecule has 3 N–H and O–H groups in total. The summed E-state index contributed by atoms with van der Waals surface area (Å²) in [4.78, 5) is 35.5. The van der Waals surface area contributed by atoms with Crippen molar-refractivity contribution in [2.75, 3.05) is 0 Å². The van der Waals surface area contributed by atoms with Gasteiger partial charge >= 0.3 is 12.0 Å². The van der Waals surface area contributed by atoms with Gasteiger partial charge in [-0.3, -0.25) is 10.1 Å². The van der Waals surface area contributed by atoms with E-state index in [0.29, 0.717) is 6.42 Å². The summed E-state index contributed by atoms with van der Waals surface area (Å²) in [5.74, 6) is -1.59. The average molecular weight is 413 g/mol. The predicted molar refractivity (Wildman–Crippen MR) is 103 cm³/mol. The Morgan fingerprint density at radius 1 is 1.04 bits per heavy atom. The number of imide groups is 1. The molecular formula is C18H27N3O6S. The van der Waals surface area contributed by atoms with E-state index < -0.39 is 34.0 Å². The number of benzene rings is 1. The van der Waals surface area contributed by atoms with Crippen LogP contribution in [0.4, 0.5) is 4.79 Å². The summed E-state index contributed by atoms with van der Waals surface area (Å²) in [5, 5.41) is 4.54. The monoisotopic (exact) mass is 413 g/mol. The summed E-state index contributed by atoms with van der Waals surface area (Å²) >= 11 is 0. The van der Waals surface area contributed by atoms with Crippen LogP contribution in [0.25, 0.3) is 0 Å². The van der Waals surface area contributed by atoms with Crippen LogP contribution in [0.1, 0.15) is 51.4 Å². The van der Waals surface area contributed by atoms with Gasteiger partial charge in [0.25, 0.3) is 5.91 Å². The summed E-state index contributed by atoms with van der Waals surface area (Å²) < 4.78 is 32.0. The summed E-state index contributed by atoms with van der Waals surface area (Å²) in [6.45, 7) is 8.39. The van der Waals surface area contributed by atoms with Crippen LogP contribution in [0.5, 0.6) is 0 Å². The maximum Gasteiger partial charge on any atom is 0.338 e. The summed E-state index contributed by atoms with van der Waals surface area (Å²) in [5.41, 5.74) is 0.0776. The molecule has 1 rings (SSSR count). The average Bonchev–Trinajstić information content (AvgIpc) is 2.60. The minimum absolute atomic E-state index is 0.0144. The zero-order chi connectivity index (χ0) is 21.5. The number of carbonyl (C=O) groups is 3. The Labute approximate surface area is 165 Å². The number of nitrogens with one attached hydrogen (secondary N) is 3. The molecule has 1 aromatic carbocycles. The molecule has 0 unspecified atom stereocenters. The van der Waals surface area contributed by atoms with Crippen LogP contribution in [0, 0.1) is 0 Å². The molecule has 0 radical (unpaired) electrons. The number of ether oxygens (including phenoxy) is 1. The highest BCUT2D eigenvalue weighted by atomic mass is 32.2. The molecule has 10 heteroatoms. The summed E-state index contributed by atoms with van der Waals surface area (Å²) in [7, 11) is -3.68. The lowest BCUT2D eigenvalue weighted by Gasteiger charge is -2.15. The van der Waals surface area contributed by atoms with Crippen molar-refractivity contribution in [3.63, 3.8) is 0 Å². The number of amides is 3. The lowest BCUT2D eigenvalue weighted by molar-refractivity contribution is -0.127. The number of carbonyl (C=O) groups excluding carboxylic acids is 3. The van der Waals surface area contributed by atoms with Crippen molar-refractivity contribution in [2.45, 2.75) is 64.1 Å². The first-order chi connectivity index (χ1) is 13.0. The van der Waals surface area contributed by atoms with Crippen LogP contribution < -0.4 is 15.4 Å². The number of sulfonamides is 1. The lowest BCUT2D eigenvalue weighted by atomic mass is 10.2. The van der Waals surface area contributed by atoms with Gasteiger partial charge in [-0.05, 0) is 58.4 Å². The van der Waals surface area contributed by atoms with E-state index in [9.17, 15) is 22.8 Å². The Hall–Kier alpha value is -2.46. The van der Waals surface area contributed by atoms with Gasteiger partial charge in [0, 0.05) is 12.1 Å². The van der Waals surface area contributed by atoms with E-state index in [1.165, 1.54) is 31.2 Å². The van der Waals surface area contributed by atoms with Crippen molar-refractivity contribution in [3.05, 3.63) is 29.8 Å². The molecule has 0 saturated heterocycles. The third-order valence-corrected chi connectivity index (χ3v) is 5.28. The Morgan fingerprint density at radius 2 is 1.61 bits per heavy atom. The van der Waals surface area contributed by atoms with Gasteiger partial charge in [-0.25, -0.2) is 22.7 Å². The van der Waals surface area contributed by atoms with E-state index in [1.54, 1.807) is 20.8 Å². The minimum atomic E-state index is -3.68. The van der Waals surface area contributed by atoms with E-state index in [-0.39, 0.29) is 22.5 Å². The molecule has 0 spiro atoms. The molecule has 0 aliphatic rings. The molecule has 0 aliphatic carbocycles. The van der Waals surface area contributed by atoms with Crippen LogP contribution >= 0.6 is 0 Å². The van der Waals surface area contributed by atoms with E-state index in [1.807, 2.05) is 6.92 Å². The fourth-order valence-electron chi connectivity index (χ4n) is 1.98. The number of hydrogen-bond donors (Lipinski definition) is 3. The van der Waals surface area contributed by atoms with E-state index >= 15 is 0 Å². The summed E-state index contributed by atoms with van der Waals surface area (Å²) in [6, 6.07) is 4.08. The van der Waals surface area contributed by atoms with Gasteiger partial charge in [0.2, 0.25) is 10.0 Å².